The van der Waals surface area contributed by atoms with E-state index in [0.29, 0.717) is 30.1 Å². The van der Waals surface area contributed by atoms with Crippen molar-refractivity contribution in [3.8, 4) is 0 Å². The zero-order valence-electron chi connectivity index (χ0n) is 17.0. The van der Waals surface area contributed by atoms with Gasteiger partial charge in [-0.25, -0.2) is 4.99 Å². The van der Waals surface area contributed by atoms with Crippen LogP contribution in [0.2, 0.25) is 0 Å². The van der Waals surface area contributed by atoms with Crippen molar-refractivity contribution in [2.75, 3.05) is 13.7 Å². The monoisotopic (exact) mass is 421 g/mol. The molecule has 1 heterocycles. The molecule has 0 saturated heterocycles. The van der Waals surface area contributed by atoms with E-state index in [4.69, 9.17) is 10.5 Å². The Morgan fingerprint density at radius 2 is 1.93 bits per heavy atom. The number of nitrogens with zero attached hydrogens (tertiary/aromatic N) is 2. The molecule has 0 bridgehead atoms. The maximum absolute atomic E-state index is 13.7. The smallest absolute Gasteiger partial charge is 0.381 e. The summed E-state index contributed by atoms with van der Waals surface area (Å²) < 4.78 is 45.2. The largest absolute Gasteiger partial charge is 0.406 e. The number of methoxy groups -OCH3 is 1. The molecule has 1 aromatic rings. The van der Waals surface area contributed by atoms with E-state index in [-0.39, 0.29) is 12.1 Å². The highest BCUT2D eigenvalue weighted by Crippen LogP contribution is 2.62. The van der Waals surface area contributed by atoms with Gasteiger partial charge in [-0.3, -0.25) is 9.69 Å². The Balaban J connectivity index is 1.63. The number of carbonyl (C=O) groups excluding carboxylic acids is 1. The number of ether oxygens (including phenoxy) is 1. The fourth-order valence-electron chi connectivity index (χ4n) is 5.88. The number of benzene rings is 1. The minimum absolute atomic E-state index is 0.0996. The third-order valence-electron chi connectivity index (χ3n) is 7.54. The van der Waals surface area contributed by atoms with Crippen molar-refractivity contribution in [2.45, 2.75) is 68.7 Å². The zero-order valence-corrected chi connectivity index (χ0v) is 17.0. The lowest BCUT2D eigenvalue weighted by molar-refractivity contribution is -0.158. The second-order valence-corrected chi connectivity index (χ2v) is 9.27. The molecule has 2 saturated carbocycles. The van der Waals surface area contributed by atoms with E-state index in [1.165, 1.54) is 0 Å². The van der Waals surface area contributed by atoms with Crippen LogP contribution >= 0.6 is 0 Å². The maximum Gasteiger partial charge on any atom is 0.406 e. The van der Waals surface area contributed by atoms with Crippen molar-refractivity contribution in [1.82, 2.24) is 4.90 Å². The summed E-state index contributed by atoms with van der Waals surface area (Å²) in [6.45, 7) is -1.41. The lowest BCUT2D eigenvalue weighted by atomic mass is 9.61. The van der Waals surface area contributed by atoms with Crippen molar-refractivity contribution >= 4 is 11.9 Å². The normalized spacial score (nSPS) is 33.5. The molecule has 1 aliphatic heterocycles. The summed E-state index contributed by atoms with van der Waals surface area (Å²) in [4.78, 5) is 18.9. The Morgan fingerprint density at radius 3 is 2.53 bits per heavy atom. The summed E-state index contributed by atoms with van der Waals surface area (Å²) in [5.41, 5.74) is 6.97. The predicted molar refractivity (Wildman–Crippen MR) is 105 cm³/mol. The van der Waals surface area contributed by atoms with E-state index in [2.05, 4.69) is 11.1 Å². The van der Waals surface area contributed by atoms with Gasteiger partial charge in [0, 0.05) is 12.5 Å². The highest BCUT2D eigenvalue weighted by Gasteiger charge is 2.67. The quantitative estimate of drug-likeness (QED) is 0.811. The van der Waals surface area contributed by atoms with Gasteiger partial charge in [0.05, 0.1) is 6.10 Å². The van der Waals surface area contributed by atoms with Crippen LogP contribution in [0.5, 0.6) is 0 Å². The first-order valence-electron chi connectivity index (χ1n) is 10.6. The molecule has 162 valence electrons. The Bertz CT molecular complexity index is 917. The summed E-state index contributed by atoms with van der Waals surface area (Å²) in [7, 11) is 1.67. The molecule has 1 atom stereocenters. The molecule has 0 aromatic heterocycles. The van der Waals surface area contributed by atoms with Crippen molar-refractivity contribution in [3.05, 3.63) is 34.9 Å². The van der Waals surface area contributed by atoms with Crippen LogP contribution in [0.1, 0.15) is 61.1 Å². The van der Waals surface area contributed by atoms with Crippen molar-refractivity contribution in [1.29, 1.82) is 0 Å². The van der Waals surface area contributed by atoms with E-state index in [0.717, 1.165) is 42.4 Å². The third-order valence-corrected chi connectivity index (χ3v) is 7.54. The number of aliphatic imine (C=N–C) groups is 1. The number of halogens is 3. The predicted octanol–water partition coefficient (Wildman–Crippen LogP) is 3.61. The molecule has 1 unspecified atom stereocenters. The number of rotatable bonds is 3. The van der Waals surface area contributed by atoms with Crippen LogP contribution in [-0.4, -0.2) is 42.7 Å². The van der Waals surface area contributed by atoms with Gasteiger partial charge in [-0.2, -0.15) is 13.2 Å². The number of alkyl halides is 3. The Labute approximate surface area is 173 Å². The molecule has 30 heavy (non-hydrogen) atoms. The van der Waals surface area contributed by atoms with Crippen LogP contribution < -0.4 is 5.73 Å². The number of guanidine groups is 1. The van der Waals surface area contributed by atoms with Gasteiger partial charge in [0.2, 0.25) is 0 Å². The van der Waals surface area contributed by atoms with Gasteiger partial charge in [0.25, 0.3) is 5.91 Å². The van der Waals surface area contributed by atoms with Crippen molar-refractivity contribution in [3.63, 3.8) is 0 Å². The minimum Gasteiger partial charge on any atom is -0.381 e. The maximum atomic E-state index is 13.7. The molecule has 2 spiro atoms. The Hall–Kier alpha value is -2.09. The van der Waals surface area contributed by atoms with Gasteiger partial charge in [-0.15, -0.1) is 0 Å². The van der Waals surface area contributed by atoms with E-state index in [1.807, 2.05) is 12.1 Å². The number of fused-ring (bicyclic) bond motifs is 3. The van der Waals surface area contributed by atoms with Crippen LogP contribution in [-0.2, 0) is 21.5 Å². The standard InChI is InChI=1S/C22H26F3N3O2/c1-30-16-6-8-20(9-7-16)11-15-5-4-14(13-2-3-13)10-17(15)22(20)18(29)28(19(26)27-22)12-21(23,24)25/h4-5,10,13,16H,2-3,6-9,11-12H2,1H3,(H2,26,27). The summed E-state index contributed by atoms with van der Waals surface area (Å²) in [6.07, 6.45) is 1.24. The van der Waals surface area contributed by atoms with Crippen LogP contribution in [0.3, 0.4) is 0 Å². The number of hydrogen-bond donors (Lipinski definition) is 1. The highest BCUT2D eigenvalue weighted by molar-refractivity contribution is 6.08. The summed E-state index contributed by atoms with van der Waals surface area (Å²) in [5, 5.41) is 0. The minimum atomic E-state index is -4.54. The molecule has 3 aliphatic carbocycles. The molecule has 2 N–H and O–H groups in total. The molecule has 0 radical (unpaired) electrons. The lowest BCUT2D eigenvalue weighted by Gasteiger charge is -2.45. The lowest BCUT2D eigenvalue weighted by Crippen LogP contribution is -2.53. The van der Waals surface area contributed by atoms with Crippen LogP contribution in [0.25, 0.3) is 0 Å². The van der Waals surface area contributed by atoms with Gasteiger partial charge < -0.3 is 10.5 Å². The summed E-state index contributed by atoms with van der Waals surface area (Å²) in [5.74, 6) is -0.479. The molecule has 1 amide bonds. The summed E-state index contributed by atoms with van der Waals surface area (Å²) >= 11 is 0. The van der Waals surface area contributed by atoms with Gasteiger partial charge in [-0.1, -0.05) is 18.2 Å². The average Bonchev–Trinajstić information content (AvgIpc) is 3.47. The molecular weight excluding hydrogens is 395 g/mol. The third kappa shape index (κ3) is 2.79. The second-order valence-electron chi connectivity index (χ2n) is 9.27. The summed E-state index contributed by atoms with van der Waals surface area (Å²) in [6, 6.07) is 6.17. The first-order valence-corrected chi connectivity index (χ1v) is 10.6. The van der Waals surface area contributed by atoms with Gasteiger partial charge in [0.1, 0.15) is 6.54 Å². The fraction of sp³-hybridized carbons (Fsp3) is 0.636. The van der Waals surface area contributed by atoms with Gasteiger partial charge in [0.15, 0.2) is 11.5 Å². The number of nitrogens with two attached hydrogens (primary N) is 1. The zero-order chi connectivity index (χ0) is 21.3. The van der Waals surface area contributed by atoms with Crippen LogP contribution in [0, 0.1) is 5.41 Å². The Morgan fingerprint density at radius 1 is 1.23 bits per heavy atom. The molecule has 5 rings (SSSR count). The highest BCUT2D eigenvalue weighted by atomic mass is 19.4. The number of hydrogen-bond acceptors (Lipinski definition) is 4. The molecule has 8 heteroatoms. The first-order chi connectivity index (χ1) is 14.2. The topological polar surface area (TPSA) is 67.9 Å². The van der Waals surface area contributed by atoms with Crippen LogP contribution in [0.15, 0.2) is 23.2 Å². The van der Waals surface area contributed by atoms with E-state index in [9.17, 15) is 18.0 Å². The van der Waals surface area contributed by atoms with E-state index < -0.39 is 29.6 Å². The van der Waals surface area contributed by atoms with E-state index >= 15 is 0 Å². The van der Waals surface area contributed by atoms with E-state index in [1.54, 1.807) is 7.11 Å². The second kappa shape index (κ2) is 6.45. The number of carbonyl (C=O) groups is 1. The molecule has 2 fully saturated rings. The van der Waals surface area contributed by atoms with Crippen molar-refractivity contribution < 1.29 is 22.7 Å². The Kier molecular flexibility index (Phi) is 4.27. The van der Waals surface area contributed by atoms with Gasteiger partial charge >= 0.3 is 6.18 Å². The first kappa shape index (κ1) is 19.8. The average molecular weight is 421 g/mol. The molecule has 5 nitrogen and oxygen atoms in total. The van der Waals surface area contributed by atoms with Gasteiger partial charge in [-0.05, 0) is 67.6 Å². The number of amides is 1. The van der Waals surface area contributed by atoms with Crippen molar-refractivity contribution in [2.24, 2.45) is 16.1 Å². The fourth-order valence-corrected chi connectivity index (χ4v) is 5.88. The SMILES string of the molecule is COC1CCC2(CC1)Cc1ccc(C3CC3)cc1C21N=C(N)N(CC(F)(F)F)C1=O. The molecule has 4 aliphatic rings. The molecule has 1 aromatic carbocycles. The van der Waals surface area contributed by atoms with Crippen LogP contribution in [0.4, 0.5) is 13.2 Å². The molecular formula is C22H26F3N3O2.